The lowest BCUT2D eigenvalue weighted by atomic mass is 10.1. The van der Waals surface area contributed by atoms with Gasteiger partial charge in [0.15, 0.2) is 6.29 Å². The lowest BCUT2D eigenvalue weighted by Gasteiger charge is -2.35. The minimum Gasteiger partial charge on any atom is -0.444 e. The fraction of sp³-hybridized carbons (Fsp3) is 0.400. The highest BCUT2D eigenvalue weighted by Gasteiger charge is 2.27. The Hall–Kier alpha value is -3.71. The summed E-state index contributed by atoms with van der Waals surface area (Å²) in [5.41, 5.74) is 0.775. The number of piperidine rings is 1. The molecule has 0 spiro atoms. The highest BCUT2D eigenvalue weighted by molar-refractivity contribution is 7.20. The van der Waals surface area contributed by atoms with Crippen LogP contribution in [0.2, 0.25) is 0 Å². The molecule has 1 amide bonds. The van der Waals surface area contributed by atoms with Gasteiger partial charge in [0.05, 0.1) is 28.6 Å². The van der Waals surface area contributed by atoms with Crippen LogP contribution in [0.5, 0.6) is 0 Å². The maximum atomic E-state index is 13.6. The van der Waals surface area contributed by atoms with Crippen molar-refractivity contribution in [1.82, 2.24) is 14.9 Å². The molecule has 9 nitrogen and oxygen atoms in total. The molecule has 182 valence electrons. The molecule has 3 heterocycles. The number of aldehydes is 1. The molecule has 0 bridgehead atoms. The van der Waals surface area contributed by atoms with Gasteiger partial charge >= 0.3 is 6.09 Å². The first-order valence-corrected chi connectivity index (χ1v) is 12.2. The summed E-state index contributed by atoms with van der Waals surface area (Å²) in [6, 6.07) is 10.7. The molecule has 1 aliphatic rings. The summed E-state index contributed by atoms with van der Waals surface area (Å²) in [6.07, 6.45) is 1.78. The minimum absolute atomic E-state index is 0.163. The van der Waals surface area contributed by atoms with E-state index in [9.17, 15) is 19.6 Å². The Morgan fingerprint density at radius 1 is 1.37 bits per heavy atom. The van der Waals surface area contributed by atoms with E-state index in [1.165, 1.54) is 0 Å². The molecule has 1 N–H and O–H groups in total. The van der Waals surface area contributed by atoms with Crippen LogP contribution >= 0.6 is 11.3 Å². The summed E-state index contributed by atoms with van der Waals surface area (Å²) < 4.78 is 7.35. The fourth-order valence-electron chi connectivity index (χ4n) is 4.15. The number of benzene rings is 1. The van der Waals surface area contributed by atoms with Crippen molar-refractivity contribution in [2.75, 3.05) is 18.0 Å². The van der Waals surface area contributed by atoms with Crippen LogP contribution in [0, 0.1) is 11.3 Å². The van der Waals surface area contributed by atoms with Crippen LogP contribution in [-0.4, -0.2) is 46.7 Å². The van der Waals surface area contributed by atoms with Gasteiger partial charge in [-0.25, -0.2) is 9.78 Å². The van der Waals surface area contributed by atoms with E-state index in [4.69, 9.17) is 9.72 Å². The van der Waals surface area contributed by atoms with E-state index in [1.807, 2.05) is 37.8 Å². The van der Waals surface area contributed by atoms with Crippen LogP contribution in [0.3, 0.4) is 0 Å². The topological polar surface area (TPSA) is 117 Å². The van der Waals surface area contributed by atoms with Crippen LogP contribution in [0.4, 0.5) is 10.7 Å². The van der Waals surface area contributed by atoms with Crippen molar-refractivity contribution in [2.24, 2.45) is 0 Å². The molecular weight excluding hydrogens is 466 g/mol. The Labute approximate surface area is 206 Å². The third kappa shape index (κ3) is 5.52. The van der Waals surface area contributed by atoms with E-state index < -0.39 is 11.7 Å². The smallest absolute Gasteiger partial charge is 0.407 e. The highest BCUT2D eigenvalue weighted by Crippen LogP contribution is 2.26. The Kier molecular flexibility index (Phi) is 6.89. The number of ether oxygens (including phenoxy) is 1. The number of thiophene rings is 1. The molecule has 0 unspecified atom stereocenters. The average molecular weight is 494 g/mol. The van der Waals surface area contributed by atoms with Gasteiger partial charge < -0.3 is 15.0 Å². The molecular formula is C25H27N5O4S. The number of aromatic nitrogens is 2. The quantitative estimate of drug-likeness (QED) is 0.539. The predicted octanol–water partition coefficient (Wildman–Crippen LogP) is 3.68. The number of alkyl carbamates (subject to hydrolysis) is 1. The maximum absolute atomic E-state index is 13.6. The van der Waals surface area contributed by atoms with Crippen molar-refractivity contribution < 1.29 is 14.3 Å². The molecule has 1 atom stereocenters. The van der Waals surface area contributed by atoms with Crippen molar-refractivity contribution in [3.8, 4) is 6.07 Å². The van der Waals surface area contributed by atoms with Gasteiger partial charge in [-0.2, -0.15) is 5.26 Å². The third-order valence-corrected chi connectivity index (χ3v) is 6.68. The number of hydrogen-bond donors (Lipinski definition) is 1. The molecule has 4 rings (SSSR count). The number of anilines is 1. The molecule has 3 aromatic rings. The van der Waals surface area contributed by atoms with Crippen molar-refractivity contribution in [3.63, 3.8) is 0 Å². The Morgan fingerprint density at radius 2 is 2.14 bits per heavy atom. The summed E-state index contributed by atoms with van der Waals surface area (Å²) in [7, 11) is 0. The number of amides is 1. The molecule has 10 heteroatoms. The van der Waals surface area contributed by atoms with E-state index >= 15 is 0 Å². The van der Waals surface area contributed by atoms with E-state index in [0.29, 0.717) is 51.5 Å². The number of nitrogens with zero attached hydrogens (tertiary/aromatic N) is 4. The molecule has 1 fully saturated rings. The van der Waals surface area contributed by atoms with Crippen LogP contribution < -0.4 is 15.8 Å². The highest BCUT2D eigenvalue weighted by atomic mass is 32.1. The molecule has 35 heavy (non-hydrogen) atoms. The van der Waals surface area contributed by atoms with Crippen LogP contribution in [0.25, 0.3) is 10.2 Å². The van der Waals surface area contributed by atoms with E-state index in [1.54, 1.807) is 22.8 Å². The van der Waals surface area contributed by atoms with E-state index in [2.05, 4.69) is 11.4 Å². The summed E-state index contributed by atoms with van der Waals surface area (Å²) in [5, 5.41) is 12.5. The van der Waals surface area contributed by atoms with Crippen LogP contribution in [0.1, 0.15) is 54.4 Å². The molecule has 1 aliphatic heterocycles. The summed E-state index contributed by atoms with van der Waals surface area (Å²) in [4.78, 5) is 44.4. The van der Waals surface area contributed by atoms with Crippen molar-refractivity contribution in [1.29, 1.82) is 5.26 Å². The van der Waals surface area contributed by atoms with Gasteiger partial charge in [-0.1, -0.05) is 18.2 Å². The lowest BCUT2D eigenvalue weighted by Crippen LogP contribution is -2.50. The number of carbonyl (C=O) groups excluding carboxylic acids is 2. The zero-order valence-corrected chi connectivity index (χ0v) is 20.7. The number of nitriles is 1. The molecule has 1 saturated heterocycles. The van der Waals surface area contributed by atoms with Crippen molar-refractivity contribution in [3.05, 3.63) is 56.7 Å². The molecule has 0 aliphatic carbocycles. The minimum atomic E-state index is -0.602. The zero-order valence-electron chi connectivity index (χ0n) is 19.9. The van der Waals surface area contributed by atoms with Gasteiger partial charge in [0, 0.05) is 19.1 Å². The first-order chi connectivity index (χ1) is 16.7. The molecule has 1 aromatic carbocycles. The Morgan fingerprint density at radius 3 is 2.86 bits per heavy atom. The number of hydrogen-bond acceptors (Lipinski definition) is 8. The molecule has 0 radical (unpaired) electrons. The number of nitrogens with one attached hydrogen (secondary N) is 1. The van der Waals surface area contributed by atoms with Gasteiger partial charge in [-0.3, -0.25) is 14.2 Å². The van der Waals surface area contributed by atoms with Gasteiger partial charge in [-0.15, -0.1) is 11.3 Å². The first kappa shape index (κ1) is 24.4. The largest absolute Gasteiger partial charge is 0.444 e. The zero-order chi connectivity index (χ0) is 25.2. The van der Waals surface area contributed by atoms with Crippen molar-refractivity contribution in [2.45, 2.75) is 51.8 Å². The third-order valence-electron chi connectivity index (χ3n) is 5.64. The maximum Gasteiger partial charge on any atom is 0.407 e. The summed E-state index contributed by atoms with van der Waals surface area (Å²) in [6.45, 7) is 6.69. The van der Waals surface area contributed by atoms with Crippen LogP contribution in [0.15, 0.2) is 35.1 Å². The van der Waals surface area contributed by atoms with Crippen LogP contribution in [-0.2, 0) is 11.3 Å². The number of carbonyl (C=O) groups is 2. The standard InChI is InChI=1S/C25H27N5O4S/c1-25(2,3)34-24(33)27-18-9-6-10-29(14-18)23-28-20-11-19(15-31)35-21(20)22(32)30(23)13-17-8-5-4-7-16(17)12-26/h4-5,7-8,11,15,18H,6,9-10,13-14H2,1-3H3,(H,27,33)/t18-/m1/s1. The predicted molar refractivity (Wildman–Crippen MR) is 134 cm³/mol. The number of fused-ring (bicyclic) bond motifs is 1. The SMILES string of the molecule is CC(C)(C)OC(=O)N[C@@H]1CCCN(c2nc3cc(C=O)sc3c(=O)n2Cc2ccccc2C#N)C1. The van der Waals surface area contributed by atoms with Gasteiger partial charge in [0.25, 0.3) is 5.56 Å². The lowest BCUT2D eigenvalue weighted by molar-refractivity contribution is 0.0499. The second-order valence-electron chi connectivity index (χ2n) is 9.48. The molecule has 0 saturated carbocycles. The Bertz CT molecular complexity index is 1360. The number of rotatable bonds is 5. The normalized spacial score (nSPS) is 16.1. The van der Waals surface area contributed by atoms with Gasteiger partial charge in [0.1, 0.15) is 10.3 Å². The van der Waals surface area contributed by atoms with E-state index in [0.717, 1.165) is 24.2 Å². The summed E-state index contributed by atoms with van der Waals surface area (Å²) in [5.74, 6) is 0.446. The van der Waals surface area contributed by atoms with Crippen molar-refractivity contribution >= 4 is 39.9 Å². The van der Waals surface area contributed by atoms with Gasteiger partial charge in [0.2, 0.25) is 5.95 Å². The molecule has 2 aromatic heterocycles. The fourth-order valence-corrected chi connectivity index (χ4v) is 5.01. The Balaban J connectivity index is 1.72. The average Bonchev–Trinajstić information content (AvgIpc) is 3.23. The summed E-state index contributed by atoms with van der Waals surface area (Å²) >= 11 is 1.11. The second-order valence-corrected chi connectivity index (χ2v) is 10.6. The second kappa shape index (κ2) is 9.88. The first-order valence-electron chi connectivity index (χ1n) is 11.4. The van der Waals surface area contributed by atoms with E-state index in [-0.39, 0.29) is 18.1 Å². The van der Waals surface area contributed by atoms with Gasteiger partial charge in [-0.05, 0) is 51.3 Å². The monoisotopic (exact) mass is 493 g/mol.